The molecule has 6 heteroatoms. The minimum atomic E-state index is -0.415. The van der Waals surface area contributed by atoms with Gasteiger partial charge in [0, 0.05) is 23.7 Å². The van der Waals surface area contributed by atoms with Gasteiger partial charge in [0.1, 0.15) is 5.69 Å². The number of nitrogens with zero attached hydrogens (tertiary/aromatic N) is 1. The Labute approximate surface area is 111 Å². The topological polar surface area (TPSA) is 67.2 Å². The van der Waals surface area contributed by atoms with Crippen LogP contribution in [0.5, 0.6) is 0 Å². The van der Waals surface area contributed by atoms with Crippen LogP contribution in [0, 0.1) is 10.1 Å². The largest absolute Gasteiger partial charge is 0.379 e. The summed E-state index contributed by atoms with van der Waals surface area (Å²) >= 11 is 5.76. The Morgan fingerprint density at radius 1 is 1.56 bits per heavy atom. The van der Waals surface area contributed by atoms with E-state index in [-0.39, 0.29) is 5.69 Å². The third-order valence-electron chi connectivity index (χ3n) is 3.13. The molecule has 2 rings (SSSR count). The number of rotatable bonds is 5. The second-order valence-electron chi connectivity index (χ2n) is 4.43. The number of nitrogens with one attached hydrogen (secondary N) is 2. The average Bonchev–Trinajstić information content (AvgIpc) is 2.84. The lowest BCUT2D eigenvalue weighted by atomic mass is 10.1. The van der Waals surface area contributed by atoms with Gasteiger partial charge >= 0.3 is 0 Å². The number of anilines is 1. The van der Waals surface area contributed by atoms with E-state index in [1.165, 1.54) is 18.9 Å². The summed E-state index contributed by atoms with van der Waals surface area (Å²) in [5.74, 6) is 0. The van der Waals surface area contributed by atoms with Gasteiger partial charge in [0.05, 0.1) is 4.92 Å². The molecule has 1 atom stereocenters. The molecule has 1 aromatic carbocycles. The maximum atomic E-state index is 10.9. The van der Waals surface area contributed by atoms with Crippen LogP contribution in [0.3, 0.4) is 0 Å². The van der Waals surface area contributed by atoms with Crippen LogP contribution < -0.4 is 10.6 Å². The highest BCUT2D eigenvalue weighted by atomic mass is 35.5. The summed E-state index contributed by atoms with van der Waals surface area (Å²) in [6.45, 7) is 1.80. The summed E-state index contributed by atoms with van der Waals surface area (Å²) in [6.07, 6.45) is 3.37. The van der Waals surface area contributed by atoms with Gasteiger partial charge in [0.25, 0.3) is 5.69 Å². The third kappa shape index (κ3) is 3.34. The Hall–Kier alpha value is -1.33. The fraction of sp³-hybridized carbons (Fsp3) is 0.500. The Kier molecular flexibility index (Phi) is 4.38. The number of nitro groups is 1. The van der Waals surface area contributed by atoms with Gasteiger partial charge in [-0.1, -0.05) is 11.6 Å². The van der Waals surface area contributed by atoms with E-state index in [2.05, 4.69) is 10.6 Å². The van der Waals surface area contributed by atoms with Crippen LogP contribution in [0.4, 0.5) is 11.4 Å². The molecule has 0 amide bonds. The minimum absolute atomic E-state index is 0.0295. The van der Waals surface area contributed by atoms with E-state index in [0.717, 1.165) is 19.5 Å². The highest BCUT2D eigenvalue weighted by molar-refractivity contribution is 6.30. The van der Waals surface area contributed by atoms with Crippen molar-refractivity contribution >= 4 is 23.0 Å². The minimum Gasteiger partial charge on any atom is -0.379 e. The molecule has 2 N–H and O–H groups in total. The predicted molar refractivity (Wildman–Crippen MR) is 72.2 cm³/mol. The third-order valence-corrected chi connectivity index (χ3v) is 3.36. The second-order valence-corrected chi connectivity index (χ2v) is 4.86. The van der Waals surface area contributed by atoms with Gasteiger partial charge in [-0.3, -0.25) is 10.1 Å². The molecule has 0 spiro atoms. The normalized spacial score (nSPS) is 18.8. The fourth-order valence-electron chi connectivity index (χ4n) is 2.19. The predicted octanol–water partition coefficient (Wildman–Crippen LogP) is 2.80. The first kappa shape index (κ1) is 13.1. The lowest BCUT2D eigenvalue weighted by Crippen LogP contribution is -2.24. The Morgan fingerprint density at radius 2 is 2.39 bits per heavy atom. The van der Waals surface area contributed by atoms with Crippen molar-refractivity contribution < 1.29 is 4.92 Å². The first-order valence-corrected chi connectivity index (χ1v) is 6.46. The van der Waals surface area contributed by atoms with Crippen molar-refractivity contribution in [3.05, 3.63) is 33.3 Å². The number of hydrogen-bond acceptors (Lipinski definition) is 4. The SMILES string of the molecule is O=[N+]([O-])c1cc(Cl)ccc1NCCC1CCCN1. The van der Waals surface area contributed by atoms with Crippen molar-refractivity contribution in [2.45, 2.75) is 25.3 Å². The summed E-state index contributed by atoms with van der Waals surface area (Å²) in [6, 6.07) is 5.22. The van der Waals surface area contributed by atoms with Crippen LogP contribution in [-0.4, -0.2) is 24.1 Å². The summed E-state index contributed by atoms with van der Waals surface area (Å²) in [7, 11) is 0. The van der Waals surface area contributed by atoms with Gasteiger partial charge < -0.3 is 10.6 Å². The summed E-state index contributed by atoms with van der Waals surface area (Å²) in [5.41, 5.74) is 0.560. The molecule has 0 saturated carbocycles. The molecule has 1 heterocycles. The van der Waals surface area contributed by atoms with Crippen molar-refractivity contribution in [2.75, 3.05) is 18.4 Å². The first-order valence-electron chi connectivity index (χ1n) is 6.08. The van der Waals surface area contributed by atoms with Gasteiger partial charge in [0.15, 0.2) is 0 Å². The number of benzene rings is 1. The molecule has 1 saturated heterocycles. The lowest BCUT2D eigenvalue weighted by Gasteiger charge is -2.11. The van der Waals surface area contributed by atoms with Gasteiger partial charge in [0.2, 0.25) is 0 Å². The fourth-order valence-corrected chi connectivity index (χ4v) is 2.36. The zero-order valence-electron chi connectivity index (χ0n) is 9.99. The molecule has 0 aromatic heterocycles. The standard InChI is InChI=1S/C12H16ClN3O2/c13-9-3-4-11(12(8-9)16(17)18)15-7-5-10-2-1-6-14-10/h3-4,8,10,14-15H,1-2,5-7H2. The molecule has 0 radical (unpaired) electrons. The van der Waals surface area contributed by atoms with Gasteiger partial charge in [-0.15, -0.1) is 0 Å². The van der Waals surface area contributed by atoms with Crippen molar-refractivity contribution in [1.82, 2.24) is 5.32 Å². The van der Waals surface area contributed by atoms with Crippen LogP contribution in [0.1, 0.15) is 19.3 Å². The van der Waals surface area contributed by atoms with E-state index in [1.807, 2.05) is 0 Å². The average molecular weight is 270 g/mol. The molecule has 1 aliphatic heterocycles. The van der Waals surface area contributed by atoms with Crippen molar-refractivity contribution in [1.29, 1.82) is 0 Å². The molecule has 5 nitrogen and oxygen atoms in total. The lowest BCUT2D eigenvalue weighted by molar-refractivity contribution is -0.383. The van der Waals surface area contributed by atoms with Crippen LogP contribution in [0.2, 0.25) is 5.02 Å². The molecule has 0 bridgehead atoms. The van der Waals surface area contributed by atoms with Gasteiger partial charge in [-0.05, 0) is 37.9 Å². The molecule has 0 aliphatic carbocycles. The van der Waals surface area contributed by atoms with Crippen molar-refractivity contribution in [3.8, 4) is 0 Å². The number of halogens is 1. The highest BCUT2D eigenvalue weighted by Crippen LogP contribution is 2.27. The molecule has 18 heavy (non-hydrogen) atoms. The molecular weight excluding hydrogens is 254 g/mol. The molecule has 1 fully saturated rings. The highest BCUT2D eigenvalue weighted by Gasteiger charge is 2.16. The molecule has 1 aromatic rings. The molecule has 1 aliphatic rings. The van der Waals surface area contributed by atoms with E-state index < -0.39 is 4.92 Å². The van der Waals surface area contributed by atoms with E-state index in [1.54, 1.807) is 12.1 Å². The van der Waals surface area contributed by atoms with E-state index in [4.69, 9.17) is 11.6 Å². The van der Waals surface area contributed by atoms with E-state index in [0.29, 0.717) is 16.8 Å². The Morgan fingerprint density at radius 3 is 3.06 bits per heavy atom. The zero-order chi connectivity index (χ0) is 13.0. The van der Waals surface area contributed by atoms with Crippen molar-refractivity contribution in [2.24, 2.45) is 0 Å². The zero-order valence-corrected chi connectivity index (χ0v) is 10.7. The van der Waals surface area contributed by atoms with Crippen molar-refractivity contribution in [3.63, 3.8) is 0 Å². The Bertz CT molecular complexity index is 433. The monoisotopic (exact) mass is 269 g/mol. The van der Waals surface area contributed by atoms with Crippen LogP contribution in [-0.2, 0) is 0 Å². The van der Waals surface area contributed by atoms with Crippen LogP contribution in [0.25, 0.3) is 0 Å². The number of nitro benzene ring substituents is 1. The molecule has 1 unspecified atom stereocenters. The summed E-state index contributed by atoms with van der Waals surface area (Å²) in [5, 5.41) is 17.8. The molecular formula is C12H16ClN3O2. The maximum Gasteiger partial charge on any atom is 0.293 e. The first-order chi connectivity index (χ1) is 8.66. The van der Waals surface area contributed by atoms with Crippen LogP contribution in [0.15, 0.2) is 18.2 Å². The van der Waals surface area contributed by atoms with E-state index in [9.17, 15) is 10.1 Å². The smallest absolute Gasteiger partial charge is 0.293 e. The Balaban J connectivity index is 1.93. The summed E-state index contributed by atoms with van der Waals surface area (Å²) < 4.78 is 0. The van der Waals surface area contributed by atoms with Crippen LogP contribution >= 0.6 is 11.6 Å². The number of hydrogen-bond donors (Lipinski definition) is 2. The quantitative estimate of drug-likeness (QED) is 0.637. The second kappa shape index (κ2) is 6.02. The maximum absolute atomic E-state index is 10.9. The van der Waals surface area contributed by atoms with Gasteiger partial charge in [-0.2, -0.15) is 0 Å². The molecule has 98 valence electrons. The van der Waals surface area contributed by atoms with Gasteiger partial charge in [-0.25, -0.2) is 0 Å². The summed E-state index contributed by atoms with van der Waals surface area (Å²) in [4.78, 5) is 10.5. The van der Waals surface area contributed by atoms with E-state index >= 15 is 0 Å².